The maximum absolute atomic E-state index is 11.5. The molecule has 3 nitrogen and oxygen atoms in total. The largest absolute Gasteiger partial charge is 0.480 e. The SMILES string of the molecule is Cc1cc2c(cc1C)N([C@@H](C)C(=O)O)C(C)(C)C[C@@H]2C. The third-order valence-corrected chi connectivity index (χ3v) is 4.64. The summed E-state index contributed by atoms with van der Waals surface area (Å²) < 4.78 is 0. The topological polar surface area (TPSA) is 40.5 Å². The van der Waals surface area contributed by atoms with Gasteiger partial charge in [0.05, 0.1) is 0 Å². The van der Waals surface area contributed by atoms with Crippen LogP contribution in [0.25, 0.3) is 0 Å². The van der Waals surface area contributed by atoms with Gasteiger partial charge in [-0.1, -0.05) is 13.0 Å². The number of aliphatic carboxylic acids is 1. The molecule has 1 N–H and O–H groups in total. The molecule has 1 heterocycles. The van der Waals surface area contributed by atoms with Gasteiger partial charge in [0.2, 0.25) is 0 Å². The van der Waals surface area contributed by atoms with Gasteiger partial charge < -0.3 is 10.0 Å². The van der Waals surface area contributed by atoms with E-state index in [4.69, 9.17) is 0 Å². The number of aryl methyl sites for hydroxylation is 2. The van der Waals surface area contributed by atoms with Gasteiger partial charge in [0.1, 0.15) is 6.04 Å². The smallest absolute Gasteiger partial charge is 0.326 e. The Labute approximate surface area is 121 Å². The lowest BCUT2D eigenvalue weighted by atomic mass is 9.78. The average molecular weight is 275 g/mol. The predicted molar refractivity (Wildman–Crippen MR) is 82.6 cm³/mol. The van der Waals surface area contributed by atoms with Gasteiger partial charge in [-0.3, -0.25) is 0 Å². The van der Waals surface area contributed by atoms with Gasteiger partial charge in [-0.15, -0.1) is 0 Å². The van der Waals surface area contributed by atoms with Crippen molar-refractivity contribution < 1.29 is 9.90 Å². The summed E-state index contributed by atoms with van der Waals surface area (Å²) in [7, 11) is 0. The second-order valence-electron chi connectivity index (χ2n) is 6.80. The van der Waals surface area contributed by atoms with Crippen LogP contribution < -0.4 is 4.90 Å². The molecule has 0 radical (unpaired) electrons. The number of nitrogens with zero attached hydrogens (tertiary/aromatic N) is 1. The molecule has 20 heavy (non-hydrogen) atoms. The summed E-state index contributed by atoms with van der Waals surface area (Å²) in [6.45, 7) is 12.5. The number of carboxylic acid groups (broad SMARTS) is 1. The molecule has 0 unspecified atom stereocenters. The molecule has 1 aliphatic heterocycles. The van der Waals surface area contributed by atoms with E-state index in [1.807, 2.05) is 0 Å². The van der Waals surface area contributed by atoms with Crippen molar-refractivity contribution in [1.82, 2.24) is 0 Å². The summed E-state index contributed by atoms with van der Waals surface area (Å²) >= 11 is 0. The zero-order valence-electron chi connectivity index (χ0n) is 13.3. The Morgan fingerprint density at radius 3 is 2.45 bits per heavy atom. The fourth-order valence-corrected chi connectivity index (χ4v) is 3.55. The van der Waals surface area contributed by atoms with Crippen LogP contribution in [0.1, 0.15) is 56.7 Å². The van der Waals surface area contributed by atoms with Gasteiger partial charge in [-0.2, -0.15) is 0 Å². The second-order valence-corrected chi connectivity index (χ2v) is 6.80. The lowest BCUT2D eigenvalue weighted by Gasteiger charge is -2.49. The molecule has 1 aromatic rings. The van der Waals surface area contributed by atoms with Gasteiger partial charge in [-0.05, 0) is 69.7 Å². The molecular weight excluding hydrogens is 250 g/mol. The molecule has 0 amide bonds. The Bertz CT molecular complexity index is 548. The molecule has 0 aliphatic carbocycles. The molecular formula is C17H25NO2. The summed E-state index contributed by atoms with van der Waals surface area (Å²) in [5.41, 5.74) is 4.72. The third kappa shape index (κ3) is 2.30. The Balaban J connectivity index is 2.64. The first-order chi connectivity index (χ1) is 9.15. The van der Waals surface area contributed by atoms with Crippen LogP contribution >= 0.6 is 0 Å². The van der Waals surface area contributed by atoms with Gasteiger partial charge in [0, 0.05) is 11.2 Å². The Morgan fingerprint density at radius 2 is 1.90 bits per heavy atom. The number of hydrogen-bond donors (Lipinski definition) is 1. The first-order valence-electron chi connectivity index (χ1n) is 7.28. The first kappa shape index (κ1) is 14.9. The molecule has 0 saturated carbocycles. The summed E-state index contributed by atoms with van der Waals surface area (Å²) in [4.78, 5) is 13.6. The molecule has 0 fully saturated rings. The van der Waals surface area contributed by atoms with E-state index in [0.717, 1.165) is 12.1 Å². The minimum Gasteiger partial charge on any atom is -0.480 e. The molecule has 1 aliphatic rings. The van der Waals surface area contributed by atoms with Crippen molar-refractivity contribution in [2.45, 2.75) is 65.5 Å². The van der Waals surface area contributed by atoms with E-state index < -0.39 is 12.0 Å². The minimum atomic E-state index is -0.767. The molecule has 2 atom stereocenters. The van der Waals surface area contributed by atoms with Gasteiger partial charge >= 0.3 is 5.97 Å². The van der Waals surface area contributed by atoms with Gasteiger partial charge in [-0.25, -0.2) is 4.79 Å². The number of carboxylic acids is 1. The summed E-state index contributed by atoms with van der Waals surface area (Å²) in [6.07, 6.45) is 0.972. The van der Waals surface area contributed by atoms with Crippen molar-refractivity contribution in [3.05, 3.63) is 28.8 Å². The highest BCUT2D eigenvalue weighted by atomic mass is 16.4. The normalized spacial score (nSPS) is 22.3. The summed E-state index contributed by atoms with van der Waals surface area (Å²) in [5.74, 6) is -0.312. The number of hydrogen-bond acceptors (Lipinski definition) is 2. The highest BCUT2D eigenvalue weighted by Crippen LogP contribution is 2.45. The lowest BCUT2D eigenvalue weighted by molar-refractivity contribution is -0.138. The minimum absolute atomic E-state index is 0.147. The molecule has 2 rings (SSSR count). The Hall–Kier alpha value is -1.51. The summed E-state index contributed by atoms with van der Waals surface area (Å²) in [5, 5.41) is 9.44. The van der Waals surface area contributed by atoms with Crippen LogP contribution in [0.4, 0.5) is 5.69 Å². The van der Waals surface area contributed by atoms with Crippen molar-refractivity contribution in [1.29, 1.82) is 0 Å². The van der Waals surface area contributed by atoms with Crippen LogP contribution in [0.2, 0.25) is 0 Å². The lowest BCUT2D eigenvalue weighted by Crippen LogP contribution is -2.55. The Morgan fingerprint density at radius 1 is 1.35 bits per heavy atom. The van der Waals surface area contributed by atoms with Crippen molar-refractivity contribution in [3.8, 4) is 0 Å². The number of rotatable bonds is 2. The van der Waals surface area contributed by atoms with E-state index in [1.165, 1.54) is 16.7 Å². The maximum Gasteiger partial charge on any atom is 0.326 e. The fraction of sp³-hybridized carbons (Fsp3) is 0.588. The number of fused-ring (bicyclic) bond motifs is 1. The molecule has 3 heteroatoms. The molecule has 110 valence electrons. The van der Waals surface area contributed by atoms with Crippen LogP contribution in [0, 0.1) is 13.8 Å². The fourth-order valence-electron chi connectivity index (χ4n) is 3.55. The predicted octanol–water partition coefficient (Wildman–Crippen LogP) is 3.87. The zero-order chi connectivity index (χ0) is 15.2. The van der Waals surface area contributed by atoms with Gasteiger partial charge in [0.15, 0.2) is 0 Å². The van der Waals surface area contributed by atoms with Crippen molar-refractivity contribution in [2.75, 3.05) is 4.90 Å². The van der Waals surface area contributed by atoms with Crippen LogP contribution in [-0.4, -0.2) is 22.7 Å². The molecule has 1 aromatic carbocycles. The van der Waals surface area contributed by atoms with Crippen LogP contribution in [0.5, 0.6) is 0 Å². The number of carbonyl (C=O) groups is 1. The zero-order valence-corrected chi connectivity index (χ0v) is 13.3. The maximum atomic E-state index is 11.5. The van der Waals surface area contributed by atoms with E-state index in [9.17, 15) is 9.90 Å². The van der Waals surface area contributed by atoms with Crippen molar-refractivity contribution >= 4 is 11.7 Å². The molecule has 0 saturated heterocycles. The standard InChI is InChI=1S/C17H25NO2/c1-10-7-14-12(3)9-17(5,6)18(13(4)16(19)20)15(14)8-11(10)2/h7-8,12-13H,9H2,1-6H3,(H,19,20)/t12-,13-/m0/s1. The number of benzene rings is 1. The van der Waals surface area contributed by atoms with E-state index in [1.54, 1.807) is 6.92 Å². The quantitative estimate of drug-likeness (QED) is 0.890. The van der Waals surface area contributed by atoms with Gasteiger partial charge in [0.25, 0.3) is 0 Å². The Kier molecular flexibility index (Phi) is 3.57. The highest BCUT2D eigenvalue weighted by Gasteiger charge is 2.40. The monoisotopic (exact) mass is 275 g/mol. The van der Waals surface area contributed by atoms with Crippen molar-refractivity contribution in [2.24, 2.45) is 0 Å². The molecule has 0 bridgehead atoms. The molecule has 0 spiro atoms. The van der Waals surface area contributed by atoms with E-state index in [0.29, 0.717) is 5.92 Å². The van der Waals surface area contributed by atoms with E-state index in [-0.39, 0.29) is 5.54 Å². The van der Waals surface area contributed by atoms with E-state index >= 15 is 0 Å². The number of anilines is 1. The van der Waals surface area contributed by atoms with Crippen LogP contribution in [0.15, 0.2) is 12.1 Å². The van der Waals surface area contributed by atoms with E-state index in [2.05, 4.69) is 51.7 Å². The first-order valence-corrected chi connectivity index (χ1v) is 7.28. The molecule has 0 aromatic heterocycles. The third-order valence-electron chi connectivity index (χ3n) is 4.64. The summed E-state index contributed by atoms with van der Waals surface area (Å²) in [6, 6.07) is 3.87. The van der Waals surface area contributed by atoms with Crippen molar-refractivity contribution in [3.63, 3.8) is 0 Å². The average Bonchev–Trinajstić information content (AvgIpc) is 2.30. The highest BCUT2D eigenvalue weighted by molar-refractivity contribution is 5.80. The second kappa shape index (κ2) is 4.80. The van der Waals surface area contributed by atoms with Crippen LogP contribution in [0.3, 0.4) is 0 Å². The van der Waals surface area contributed by atoms with Crippen LogP contribution in [-0.2, 0) is 4.79 Å².